The summed E-state index contributed by atoms with van der Waals surface area (Å²) in [6.07, 6.45) is -0.477. The van der Waals surface area contributed by atoms with E-state index >= 15 is 0 Å². The Morgan fingerprint density at radius 3 is 2.85 bits per heavy atom. The minimum absolute atomic E-state index is 0.477. The molecule has 0 aliphatic carbocycles. The first-order valence-electron chi connectivity index (χ1n) is 4.33. The van der Waals surface area contributed by atoms with Crippen molar-refractivity contribution in [1.82, 2.24) is 9.80 Å². The molecule has 76 valence electrons. The molecule has 1 heterocycles. The standard InChI is InChI=1S/C8H16N2O3/c1-9-3-4-10(5-6-13-2)7(9)8(11)12/h7H,3-6H2,1-2H3,(H,11,12). The molecule has 1 fully saturated rings. The summed E-state index contributed by atoms with van der Waals surface area (Å²) in [5.41, 5.74) is 0. The topological polar surface area (TPSA) is 53.0 Å². The highest BCUT2D eigenvalue weighted by Crippen LogP contribution is 2.11. The van der Waals surface area contributed by atoms with Crippen LogP contribution >= 0.6 is 0 Å². The molecule has 1 saturated heterocycles. The summed E-state index contributed by atoms with van der Waals surface area (Å²) in [5, 5.41) is 8.93. The maximum Gasteiger partial charge on any atom is 0.336 e. The van der Waals surface area contributed by atoms with Crippen LogP contribution in [0.15, 0.2) is 0 Å². The lowest BCUT2D eigenvalue weighted by molar-refractivity contribution is -0.146. The van der Waals surface area contributed by atoms with Crippen LogP contribution < -0.4 is 0 Å². The van der Waals surface area contributed by atoms with Crippen LogP contribution in [0.2, 0.25) is 0 Å². The van der Waals surface area contributed by atoms with Crippen molar-refractivity contribution in [3.05, 3.63) is 0 Å². The van der Waals surface area contributed by atoms with Gasteiger partial charge in [0.25, 0.3) is 0 Å². The lowest BCUT2D eigenvalue weighted by Crippen LogP contribution is -2.44. The molecule has 1 aliphatic rings. The van der Waals surface area contributed by atoms with Crippen molar-refractivity contribution in [1.29, 1.82) is 0 Å². The highest BCUT2D eigenvalue weighted by molar-refractivity contribution is 5.73. The summed E-state index contributed by atoms with van der Waals surface area (Å²) in [7, 11) is 3.45. The second kappa shape index (κ2) is 4.55. The fourth-order valence-electron chi connectivity index (χ4n) is 1.60. The third-order valence-electron chi connectivity index (χ3n) is 2.31. The molecule has 13 heavy (non-hydrogen) atoms. The minimum Gasteiger partial charge on any atom is -0.479 e. The summed E-state index contributed by atoms with van der Waals surface area (Å²) in [6.45, 7) is 2.87. The molecule has 0 bridgehead atoms. The molecule has 0 aromatic rings. The van der Waals surface area contributed by atoms with Gasteiger partial charge in [-0.2, -0.15) is 0 Å². The average molecular weight is 188 g/mol. The van der Waals surface area contributed by atoms with Gasteiger partial charge in [-0.1, -0.05) is 0 Å². The first-order valence-corrected chi connectivity index (χ1v) is 4.33. The Hall–Kier alpha value is -0.650. The van der Waals surface area contributed by atoms with E-state index in [2.05, 4.69) is 0 Å². The highest BCUT2D eigenvalue weighted by atomic mass is 16.5. The number of hydrogen-bond acceptors (Lipinski definition) is 4. The average Bonchev–Trinajstić information content (AvgIpc) is 2.43. The Morgan fingerprint density at radius 1 is 1.62 bits per heavy atom. The van der Waals surface area contributed by atoms with Gasteiger partial charge in [0.2, 0.25) is 0 Å². The van der Waals surface area contributed by atoms with Crippen LogP contribution in [0.1, 0.15) is 0 Å². The van der Waals surface area contributed by atoms with Crippen LogP contribution in [0.4, 0.5) is 0 Å². The van der Waals surface area contributed by atoms with Crippen LogP contribution in [0.25, 0.3) is 0 Å². The molecular formula is C8H16N2O3. The van der Waals surface area contributed by atoms with Gasteiger partial charge in [-0.15, -0.1) is 0 Å². The van der Waals surface area contributed by atoms with Crippen molar-refractivity contribution in [2.45, 2.75) is 6.17 Å². The quantitative estimate of drug-likeness (QED) is 0.631. The van der Waals surface area contributed by atoms with Gasteiger partial charge >= 0.3 is 5.97 Å². The number of aliphatic carboxylic acids is 1. The molecule has 0 aromatic heterocycles. The molecule has 5 heteroatoms. The number of carboxylic acids is 1. The maximum absolute atomic E-state index is 10.9. The van der Waals surface area contributed by atoms with Gasteiger partial charge in [-0.05, 0) is 7.05 Å². The molecule has 0 radical (unpaired) electrons. The third kappa shape index (κ3) is 2.40. The largest absolute Gasteiger partial charge is 0.479 e. The molecule has 5 nitrogen and oxygen atoms in total. The highest BCUT2D eigenvalue weighted by Gasteiger charge is 2.34. The summed E-state index contributed by atoms with van der Waals surface area (Å²) in [5.74, 6) is -0.781. The first-order chi connectivity index (χ1) is 6.16. The van der Waals surface area contributed by atoms with Gasteiger partial charge in [0, 0.05) is 26.7 Å². The molecule has 0 amide bonds. The van der Waals surface area contributed by atoms with Crippen LogP contribution in [-0.2, 0) is 9.53 Å². The van der Waals surface area contributed by atoms with E-state index in [0.29, 0.717) is 13.2 Å². The van der Waals surface area contributed by atoms with E-state index in [4.69, 9.17) is 9.84 Å². The Balaban J connectivity index is 2.49. The predicted molar refractivity (Wildman–Crippen MR) is 47.5 cm³/mol. The Kier molecular flexibility index (Phi) is 3.65. The first kappa shape index (κ1) is 10.4. The number of rotatable bonds is 4. The fraction of sp³-hybridized carbons (Fsp3) is 0.875. The van der Waals surface area contributed by atoms with Gasteiger partial charge in [-0.3, -0.25) is 9.80 Å². The number of hydrogen-bond donors (Lipinski definition) is 1. The zero-order chi connectivity index (χ0) is 9.84. The fourth-order valence-corrected chi connectivity index (χ4v) is 1.60. The van der Waals surface area contributed by atoms with E-state index in [0.717, 1.165) is 13.1 Å². The lowest BCUT2D eigenvalue weighted by atomic mass is 10.4. The van der Waals surface area contributed by atoms with Crippen molar-refractivity contribution in [2.75, 3.05) is 40.4 Å². The SMILES string of the molecule is COCCN1CCN(C)C1C(=O)O. The van der Waals surface area contributed by atoms with E-state index in [1.165, 1.54) is 0 Å². The number of carbonyl (C=O) groups is 1. The zero-order valence-corrected chi connectivity index (χ0v) is 8.06. The third-order valence-corrected chi connectivity index (χ3v) is 2.31. The van der Waals surface area contributed by atoms with Crippen LogP contribution in [0.5, 0.6) is 0 Å². The molecule has 0 spiro atoms. The molecule has 0 aromatic carbocycles. The van der Waals surface area contributed by atoms with Gasteiger partial charge in [-0.25, -0.2) is 4.79 Å². The lowest BCUT2D eigenvalue weighted by Gasteiger charge is -2.23. The summed E-state index contributed by atoms with van der Waals surface area (Å²) in [6, 6.07) is 0. The summed E-state index contributed by atoms with van der Waals surface area (Å²) < 4.78 is 4.91. The Labute approximate surface area is 77.9 Å². The van der Waals surface area contributed by atoms with Gasteiger partial charge in [0.05, 0.1) is 6.61 Å². The van der Waals surface area contributed by atoms with Crippen molar-refractivity contribution in [2.24, 2.45) is 0 Å². The van der Waals surface area contributed by atoms with Gasteiger partial charge < -0.3 is 9.84 Å². The molecule has 1 atom stereocenters. The van der Waals surface area contributed by atoms with Crippen LogP contribution in [0.3, 0.4) is 0 Å². The number of carboxylic acid groups (broad SMARTS) is 1. The van der Waals surface area contributed by atoms with E-state index in [-0.39, 0.29) is 0 Å². The molecule has 1 rings (SSSR count). The van der Waals surface area contributed by atoms with E-state index in [9.17, 15) is 4.79 Å². The maximum atomic E-state index is 10.9. The van der Waals surface area contributed by atoms with Crippen molar-refractivity contribution < 1.29 is 14.6 Å². The van der Waals surface area contributed by atoms with Gasteiger partial charge in [0.15, 0.2) is 6.17 Å². The monoisotopic (exact) mass is 188 g/mol. The van der Waals surface area contributed by atoms with E-state index in [1.54, 1.807) is 7.11 Å². The minimum atomic E-state index is -0.781. The van der Waals surface area contributed by atoms with Crippen LogP contribution in [-0.4, -0.2) is 67.4 Å². The Morgan fingerprint density at radius 2 is 2.31 bits per heavy atom. The summed E-state index contributed by atoms with van der Waals surface area (Å²) in [4.78, 5) is 14.6. The molecule has 1 unspecified atom stereocenters. The second-order valence-corrected chi connectivity index (χ2v) is 3.22. The van der Waals surface area contributed by atoms with E-state index < -0.39 is 12.1 Å². The number of nitrogens with zero attached hydrogens (tertiary/aromatic N) is 2. The molecular weight excluding hydrogens is 172 g/mol. The molecule has 1 N–H and O–H groups in total. The van der Waals surface area contributed by atoms with Crippen molar-refractivity contribution in [3.8, 4) is 0 Å². The smallest absolute Gasteiger partial charge is 0.336 e. The van der Waals surface area contributed by atoms with Gasteiger partial charge in [0.1, 0.15) is 0 Å². The molecule has 1 aliphatic heterocycles. The van der Waals surface area contributed by atoms with E-state index in [1.807, 2.05) is 16.8 Å². The Bertz CT molecular complexity index is 186. The normalized spacial score (nSPS) is 25.2. The predicted octanol–water partition coefficient (Wildman–Crippen LogP) is -0.709. The number of ether oxygens (including phenoxy) is 1. The van der Waals surface area contributed by atoms with Crippen LogP contribution in [0, 0.1) is 0 Å². The number of likely N-dealkylation sites (N-methyl/N-ethyl adjacent to an activating group) is 1. The van der Waals surface area contributed by atoms with Crippen molar-refractivity contribution >= 4 is 5.97 Å². The second-order valence-electron chi connectivity index (χ2n) is 3.22. The molecule has 0 saturated carbocycles. The number of methoxy groups -OCH3 is 1. The van der Waals surface area contributed by atoms with Crippen molar-refractivity contribution in [3.63, 3.8) is 0 Å². The zero-order valence-electron chi connectivity index (χ0n) is 8.06. The summed E-state index contributed by atoms with van der Waals surface area (Å²) >= 11 is 0.